The Morgan fingerprint density at radius 2 is 1.83 bits per heavy atom. The molecular weight excluding hydrogens is 226 g/mol. The standard InChI is InChI=1S/C15H23NO2/c1-11(2)9-10-12(16-3)15-13(17-4)7-6-8-14(15)18-5/h6-8,12,16H,1,9-10H2,2-5H3. The van der Waals surface area contributed by atoms with Gasteiger partial charge in [-0.05, 0) is 38.9 Å². The predicted octanol–water partition coefficient (Wildman–Crippen LogP) is 3.32. The summed E-state index contributed by atoms with van der Waals surface area (Å²) in [4.78, 5) is 0. The Morgan fingerprint density at radius 3 is 2.22 bits per heavy atom. The average molecular weight is 249 g/mol. The van der Waals surface area contributed by atoms with Gasteiger partial charge in [-0.2, -0.15) is 0 Å². The van der Waals surface area contributed by atoms with Gasteiger partial charge in [-0.3, -0.25) is 0 Å². The fraction of sp³-hybridized carbons (Fsp3) is 0.467. The second-order valence-corrected chi connectivity index (χ2v) is 4.41. The maximum atomic E-state index is 5.44. The molecule has 0 aliphatic carbocycles. The second-order valence-electron chi connectivity index (χ2n) is 4.41. The zero-order chi connectivity index (χ0) is 13.5. The molecule has 3 heteroatoms. The number of methoxy groups -OCH3 is 2. The van der Waals surface area contributed by atoms with Gasteiger partial charge in [-0.15, -0.1) is 6.58 Å². The molecule has 0 saturated heterocycles. The van der Waals surface area contributed by atoms with E-state index in [2.05, 4.69) is 11.9 Å². The Bertz CT molecular complexity index is 379. The predicted molar refractivity (Wildman–Crippen MR) is 75.4 cm³/mol. The number of benzene rings is 1. The number of hydrogen-bond donors (Lipinski definition) is 1. The Morgan fingerprint density at radius 1 is 1.28 bits per heavy atom. The quantitative estimate of drug-likeness (QED) is 0.752. The van der Waals surface area contributed by atoms with Crippen LogP contribution in [0.15, 0.2) is 30.4 Å². The molecule has 0 saturated carbocycles. The summed E-state index contributed by atoms with van der Waals surface area (Å²) in [6.07, 6.45) is 1.95. The summed E-state index contributed by atoms with van der Waals surface area (Å²) < 4.78 is 10.9. The van der Waals surface area contributed by atoms with E-state index in [4.69, 9.17) is 9.47 Å². The summed E-state index contributed by atoms with van der Waals surface area (Å²) >= 11 is 0. The van der Waals surface area contributed by atoms with Crippen molar-refractivity contribution < 1.29 is 9.47 Å². The SMILES string of the molecule is C=C(C)CCC(NC)c1c(OC)cccc1OC. The largest absolute Gasteiger partial charge is 0.496 e. The molecule has 3 nitrogen and oxygen atoms in total. The Hall–Kier alpha value is -1.48. The van der Waals surface area contributed by atoms with E-state index in [1.54, 1.807) is 14.2 Å². The molecule has 0 spiro atoms. The maximum Gasteiger partial charge on any atom is 0.127 e. The molecular formula is C15H23NO2. The highest BCUT2D eigenvalue weighted by atomic mass is 16.5. The van der Waals surface area contributed by atoms with E-state index in [1.165, 1.54) is 5.57 Å². The van der Waals surface area contributed by atoms with Gasteiger partial charge in [0.15, 0.2) is 0 Å². The highest BCUT2D eigenvalue weighted by Gasteiger charge is 2.19. The molecule has 0 aliphatic heterocycles. The van der Waals surface area contributed by atoms with Gasteiger partial charge in [0, 0.05) is 6.04 Å². The first kappa shape index (κ1) is 14.6. The first-order valence-corrected chi connectivity index (χ1v) is 6.16. The molecule has 100 valence electrons. The van der Waals surface area contributed by atoms with Crippen molar-refractivity contribution in [3.05, 3.63) is 35.9 Å². The molecule has 1 atom stereocenters. The molecule has 0 aliphatic rings. The van der Waals surface area contributed by atoms with Crippen molar-refractivity contribution in [1.82, 2.24) is 5.32 Å². The maximum absolute atomic E-state index is 5.44. The van der Waals surface area contributed by atoms with Crippen molar-refractivity contribution in [3.63, 3.8) is 0 Å². The Kier molecular flexibility index (Phi) is 5.72. The molecule has 0 amide bonds. The van der Waals surface area contributed by atoms with Crippen LogP contribution in [0.2, 0.25) is 0 Å². The van der Waals surface area contributed by atoms with Crippen LogP contribution >= 0.6 is 0 Å². The minimum Gasteiger partial charge on any atom is -0.496 e. The lowest BCUT2D eigenvalue weighted by atomic mass is 9.98. The first-order chi connectivity index (χ1) is 8.63. The third-order valence-electron chi connectivity index (χ3n) is 3.02. The molecule has 1 aromatic rings. The summed E-state index contributed by atoms with van der Waals surface area (Å²) in [5.41, 5.74) is 2.26. The lowest BCUT2D eigenvalue weighted by molar-refractivity contribution is 0.370. The zero-order valence-electron chi connectivity index (χ0n) is 11.7. The fourth-order valence-corrected chi connectivity index (χ4v) is 2.05. The van der Waals surface area contributed by atoms with Crippen LogP contribution in [0.25, 0.3) is 0 Å². The average Bonchev–Trinajstić information content (AvgIpc) is 2.39. The van der Waals surface area contributed by atoms with E-state index in [9.17, 15) is 0 Å². The molecule has 1 rings (SSSR count). The van der Waals surface area contributed by atoms with E-state index in [-0.39, 0.29) is 6.04 Å². The molecule has 1 unspecified atom stereocenters. The van der Waals surface area contributed by atoms with Crippen molar-refractivity contribution in [2.45, 2.75) is 25.8 Å². The number of hydrogen-bond acceptors (Lipinski definition) is 3. The van der Waals surface area contributed by atoms with Crippen molar-refractivity contribution >= 4 is 0 Å². The third-order valence-corrected chi connectivity index (χ3v) is 3.02. The van der Waals surface area contributed by atoms with Crippen LogP contribution in [0.4, 0.5) is 0 Å². The number of allylic oxidation sites excluding steroid dienone is 1. The van der Waals surface area contributed by atoms with Gasteiger partial charge in [0.25, 0.3) is 0 Å². The van der Waals surface area contributed by atoms with E-state index in [0.717, 1.165) is 29.9 Å². The van der Waals surface area contributed by atoms with Crippen LogP contribution in [0.1, 0.15) is 31.4 Å². The van der Waals surface area contributed by atoms with Crippen molar-refractivity contribution in [3.8, 4) is 11.5 Å². The molecule has 0 fully saturated rings. The van der Waals surface area contributed by atoms with E-state index in [1.807, 2.05) is 32.2 Å². The van der Waals surface area contributed by atoms with E-state index >= 15 is 0 Å². The molecule has 18 heavy (non-hydrogen) atoms. The zero-order valence-corrected chi connectivity index (χ0v) is 11.7. The van der Waals surface area contributed by atoms with E-state index < -0.39 is 0 Å². The van der Waals surface area contributed by atoms with Gasteiger partial charge in [-0.1, -0.05) is 11.6 Å². The monoisotopic (exact) mass is 249 g/mol. The molecule has 1 aromatic carbocycles. The van der Waals surface area contributed by atoms with Crippen LogP contribution in [0, 0.1) is 0 Å². The number of rotatable bonds is 7. The van der Waals surface area contributed by atoms with Crippen molar-refractivity contribution in [2.75, 3.05) is 21.3 Å². The van der Waals surface area contributed by atoms with Crippen LogP contribution in [0.5, 0.6) is 11.5 Å². The van der Waals surface area contributed by atoms with E-state index in [0.29, 0.717) is 0 Å². The molecule has 0 aromatic heterocycles. The third kappa shape index (κ3) is 3.50. The van der Waals surface area contributed by atoms with Gasteiger partial charge in [0.05, 0.1) is 19.8 Å². The highest BCUT2D eigenvalue weighted by molar-refractivity contribution is 5.47. The summed E-state index contributed by atoms with van der Waals surface area (Å²) in [6.45, 7) is 6.00. The normalized spacial score (nSPS) is 12.0. The van der Waals surface area contributed by atoms with Crippen LogP contribution < -0.4 is 14.8 Å². The lowest BCUT2D eigenvalue weighted by Crippen LogP contribution is -2.18. The van der Waals surface area contributed by atoms with Gasteiger partial charge in [-0.25, -0.2) is 0 Å². The Balaban J connectivity index is 3.05. The smallest absolute Gasteiger partial charge is 0.127 e. The summed E-state index contributed by atoms with van der Waals surface area (Å²) in [5.74, 6) is 1.71. The lowest BCUT2D eigenvalue weighted by Gasteiger charge is -2.22. The van der Waals surface area contributed by atoms with Crippen molar-refractivity contribution in [2.24, 2.45) is 0 Å². The van der Waals surface area contributed by atoms with Crippen LogP contribution in [0.3, 0.4) is 0 Å². The van der Waals surface area contributed by atoms with Gasteiger partial charge >= 0.3 is 0 Å². The molecule has 0 bridgehead atoms. The number of nitrogens with one attached hydrogen (secondary N) is 1. The second kappa shape index (κ2) is 7.07. The molecule has 1 N–H and O–H groups in total. The van der Waals surface area contributed by atoms with Crippen molar-refractivity contribution in [1.29, 1.82) is 0 Å². The van der Waals surface area contributed by atoms with Gasteiger partial charge in [0.2, 0.25) is 0 Å². The fourth-order valence-electron chi connectivity index (χ4n) is 2.05. The first-order valence-electron chi connectivity index (χ1n) is 6.16. The minimum atomic E-state index is 0.202. The van der Waals surface area contributed by atoms with Gasteiger partial charge in [0.1, 0.15) is 11.5 Å². The summed E-state index contributed by atoms with van der Waals surface area (Å²) in [6, 6.07) is 6.06. The summed E-state index contributed by atoms with van der Waals surface area (Å²) in [5, 5.41) is 3.32. The molecule has 0 heterocycles. The van der Waals surface area contributed by atoms with Gasteiger partial charge < -0.3 is 14.8 Å². The minimum absolute atomic E-state index is 0.202. The highest BCUT2D eigenvalue weighted by Crippen LogP contribution is 2.36. The molecule has 0 radical (unpaired) electrons. The topological polar surface area (TPSA) is 30.5 Å². The summed E-state index contributed by atoms with van der Waals surface area (Å²) in [7, 11) is 5.32. The van der Waals surface area contributed by atoms with Crippen LogP contribution in [-0.2, 0) is 0 Å². The van der Waals surface area contributed by atoms with Crippen LogP contribution in [-0.4, -0.2) is 21.3 Å². The number of ether oxygens (including phenoxy) is 2. The Labute approximate surface area is 110 Å².